The number of piperidine rings is 1. The second-order valence-corrected chi connectivity index (χ2v) is 9.38. The molecule has 0 aromatic heterocycles. The van der Waals surface area contributed by atoms with Crippen LogP contribution in [0.4, 0.5) is 5.69 Å². The smallest absolute Gasteiger partial charge is 0.256 e. The molecule has 7 nitrogen and oxygen atoms in total. The van der Waals surface area contributed by atoms with Gasteiger partial charge in [0.25, 0.3) is 5.91 Å². The number of likely N-dealkylation sites (tertiary alicyclic amines) is 2. The van der Waals surface area contributed by atoms with E-state index in [2.05, 4.69) is 5.32 Å². The quantitative estimate of drug-likeness (QED) is 0.730. The van der Waals surface area contributed by atoms with Gasteiger partial charge in [0.1, 0.15) is 17.4 Å². The van der Waals surface area contributed by atoms with Crippen molar-refractivity contribution in [1.82, 2.24) is 9.80 Å². The molecule has 2 saturated heterocycles. The molecule has 2 aromatic carbocycles. The summed E-state index contributed by atoms with van der Waals surface area (Å²) in [6.07, 6.45) is 2.80. The van der Waals surface area contributed by atoms with Gasteiger partial charge in [-0.05, 0) is 37.1 Å². The molecule has 3 amide bonds. The van der Waals surface area contributed by atoms with Crippen molar-refractivity contribution < 1.29 is 19.1 Å². The lowest BCUT2D eigenvalue weighted by Gasteiger charge is -2.42. The number of para-hydroxylation sites is 2. The minimum absolute atomic E-state index is 0.0405. The molecule has 3 aliphatic heterocycles. The lowest BCUT2D eigenvalue weighted by atomic mass is 9.87. The van der Waals surface area contributed by atoms with Gasteiger partial charge in [-0.1, -0.05) is 35.9 Å². The maximum Gasteiger partial charge on any atom is 0.256 e. The molecule has 1 N–H and O–H groups in total. The van der Waals surface area contributed by atoms with E-state index < -0.39 is 11.6 Å². The summed E-state index contributed by atoms with van der Waals surface area (Å²) < 4.78 is 6.34. The summed E-state index contributed by atoms with van der Waals surface area (Å²) in [5.41, 5.74) is 0.474. The molecule has 5 rings (SSSR count). The maximum absolute atomic E-state index is 13.4. The van der Waals surface area contributed by atoms with E-state index in [4.69, 9.17) is 16.3 Å². The monoisotopic (exact) mass is 467 g/mol. The Morgan fingerprint density at radius 2 is 1.76 bits per heavy atom. The molecule has 8 heteroatoms. The van der Waals surface area contributed by atoms with Gasteiger partial charge in [0.15, 0.2) is 0 Å². The Bertz CT molecular complexity index is 1100. The van der Waals surface area contributed by atoms with E-state index in [-0.39, 0.29) is 24.1 Å². The summed E-state index contributed by atoms with van der Waals surface area (Å²) in [5, 5.41) is 3.30. The van der Waals surface area contributed by atoms with Gasteiger partial charge in [-0.3, -0.25) is 14.4 Å². The summed E-state index contributed by atoms with van der Waals surface area (Å²) in [4.78, 5) is 42.5. The first kappa shape index (κ1) is 21.8. The Balaban J connectivity index is 1.28. The van der Waals surface area contributed by atoms with Crippen LogP contribution >= 0.6 is 11.6 Å². The molecule has 1 atom stereocenters. The molecule has 2 fully saturated rings. The highest BCUT2D eigenvalue weighted by Crippen LogP contribution is 2.38. The normalized spacial score (nSPS) is 21.7. The number of hydrogen-bond donors (Lipinski definition) is 1. The number of halogens is 1. The van der Waals surface area contributed by atoms with E-state index in [0.29, 0.717) is 60.9 Å². The molecule has 3 aliphatic rings. The molecular formula is C25H26ClN3O4. The Morgan fingerprint density at radius 3 is 2.55 bits per heavy atom. The first-order valence-corrected chi connectivity index (χ1v) is 11.8. The average molecular weight is 468 g/mol. The van der Waals surface area contributed by atoms with Crippen LogP contribution in [-0.4, -0.2) is 58.8 Å². The van der Waals surface area contributed by atoms with Crippen molar-refractivity contribution in [3.63, 3.8) is 0 Å². The molecule has 2 aromatic rings. The van der Waals surface area contributed by atoms with Crippen molar-refractivity contribution in [2.75, 3.05) is 25.0 Å². The predicted octanol–water partition coefficient (Wildman–Crippen LogP) is 3.73. The fourth-order valence-electron chi connectivity index (χ4n) is 5.10. The SMILES string of the molecule is O=C1CC2(CCN(C(=O)C3CCCN3C(=O)c3ccccc3Cl)CC2)Oc2ccccc2N1. The molecule has 0 saturated carbocycles. The summed E-state index contributed by atoms with van der Waals surface area (Å²) in [7, 11) is 0. The lowest BCUT2D eigenvalue weighted by Crippen LogP contribution is -2.54. The Labute approximate surface area is 197 Å². The van der Waals surface area contributed by atoms with Crippen LogP contribution in [0.2, 0.25) is 5.02 Å². The standard InChI is InChI=1S/C25H26ClN3O4/c26-18-7-2-1-6-17(18)23(31)29-13-5-9-20(29)24(32)28-14-11-25(12-15-28)16-22(30)27-19-8-3-4-10-21(19)33-25/h1-4,6-8,10,20H,5,9,11-16H2,(H,27,30). The van der Waals surface area contributed by atoms with Gasteiger partial charge in [-0.15, -0.1) is 0 Å². The van der Waals surface area contributed by atoms with Crippen molar-refractivity contribution in [3.8, 4) is 5.75 Å². The number of amides is 3. The van der Waals surface area contributed by atoms with E-state index in [1.165, 1.54) is 0 Å². The number of anilines is 1. The largest absolute Gasteiger partial charge is 0.484 e. The molecule has 1 spiro atoms. The number of nitrogens with zero attached hydrogens (tertiary/aromatic N) is 2. The van der Waals surface area contributed by atoms with E-state index in [9.17, 15) is 14.4 Å². The van der Waals surface area contributed by atoms with Gasteiger partial charge in [-0.25, -0.2) is 0 Å². The van der Waals surface area contributed by atoms with Crippen LogP contribution in [0, 0.1) is 0 Å². The highest BCUT2D eigenvalue weighted by molar-refractivity contribution is 6.33. The Morgan fingerprint density at radius 1 is 1.03 bits per heavy atom. The van der Waals surface area contributed by atoms with Gasteiger partial charge in [-0.2, -0.15) is 0 Å². The Kier molecular flexibility index (Phi) is 5.74. The van der Waals surface area contributed by atoms with Crippen LogP contribution in [0.1, 0.15) is 42.5 Å². The van der Waals surface area contributed by atoms with Crippen molar-refractivity contribution in [2.45, 2.75) is 43.7 Å². The molecule has 0 aliphatic carbocycles. The van der Waals surface area contributed by atoms with Gasteiger partial charge in [0.05, 0.1) is 22.7 Å². The van der Waals surface area contributed by atoms with Crippen LogP contribution < -0.4 is 10.1 Å². The molecule has 0 radical (unpaired) electrons. The number of benzene rings is 2. The topological polar surface area (TPSA) is 79.0 Å². The number of rotatable bonds is 2. The van der Waals surface area contributed by atoms with Crippen molar-refractivity contribution in [1.29, 1.82) is 0 Å². The van der Waals surface area contributed by atoms with E-state index >= 15 is 0 Å². The van der Waals surface area contributed by atoms with Crippen LogP contribution in [-0.2, 0) is 9.59 Å². The highest BCUT2D eigenvalue weighted by atomic mass is 35.5. The van der Waals surface area contributed by atoms with E-state index in [1.54, 1.807) is 29.2 Å². The number of carbonyl (C=O) groups excluding carboxylic acids is 3. The minimum atomic E-state index is -0.629. The lowest BCUT2D eigenvalue weighted by molar-refractivity contribution is -0.139. The van der Waals surface area contributed by atoms with Crippen LogP contribution in [0.5, 0.6) is 5.75 Å². The number of ether oxygens (including phenoxy) is 1. The number of hydrogen-bond acceptors (Lipinski definition) is 4. The summed E-state index contributed by atoms with van der Waals surface area (Å²) in [6, 6.07) is 13.9. The van der Waals surface area contributed by atoms with Crippen LogP contribution in [0.3, 0.4) is 0 Å². The maximum atomic E-state index is 13.4. The third-order valence-corrected chi connectivity index (χ3v) is 7.19. The number of carbonyl (C=O) groups is 3. The zero-order valence-electron chi connectivity index (χ0n) is 18.3. The number of fused-ring (bicyclic) bond motifs is 1. The van der Waals surface area contributed by atoms with Crippen molar-refractivity contribution >= 4 is 35.0 Å². The first-order valence-electron chi connectivity index (χ1n) is 11.4. The molecule has 0 bridgehead atoms. The second-order valence-electron chi connectivity index (χ2n) is 8.97. The Hall–Kier alpha value is -3.06. The van der Waals surface area contributed by atoms with Crippen LogP contribution in [0.25, 0.3) is 0 Å². The molecule has 33 heavy (non-hydrogen) atoms. The van der Waals surface area contributed by atoms with Crippen molar-refractivity contribution in [3.05, 3.63) is 59.1 Å². The average Bonchev–Trinajstić information content (AvgIpc) is 3.25. The number of nitrogens with one attached hydrogen (secondary N) is 1. The minimum Gasteiger partial charge on any atom is -0.484 e. The summed E-state index contributed by atoms with van der Waals surface area (Å²) in [6.45, 7) is 1.51. The molecule has 172 valence electrons. The molecular weight excluding hydrogens is 442 g/mol. The predicted molar refractivity (Wildman–Crippen MR) is 124 cm³/mol. The molecule has 1 unspecified atom stereocenters. The summed E-state index contributed by atoms with van der Waals surface area (Å²) in [5.74, 6) is 0.342. The van der Waals surface area contributed by atoms with E-state index in [0.717, 1.165) is 6.42 Å². The third kappa shape index (κ3) is 4.17. The zero-order valence-corrected chi connectivity index (χ0v) is 19.0. The second kappa shape index (κ2) is 8.71. The fraction of sp³-hybridized carbons (Fsp3) is 0.400. The van der Waals surface area contributed by atoms with Crippen molar-refractivity contribution in [2.24, 2.45) is 0 Å². The first-order chi connectivity index (χ1) is 16.0. The van der Waals surface area contributed by atoms with Gasteiger partial charge < -0.3 is 19.9 Å². The zero-order chi connectivity index (χ0) is 23.0. The van der Waals surface area contributed by atoms with E-state index in [1.807, 2.05) is 29.2 Å². The van der Waals surface area contributed by atoms with Gasteiger partial charge in [0, 0.05) is 32.5 Å². The van der Waals surface area contributed by atoms with Crippen LogP contribution in [0.15, 0.2) is 48.5 Å². The third-order valence-electron chi connectivity index (χ3n) is 6.86. The molecule has 3 heterocycles. The highest BCUT2D eigenvalue weighted by Gasteiger charge is 2.44. The van der Waals surface area contributed by atoms with Gasteiger partial charge >= 0.3 is 0 Å². The fourth-order valence-corrected chi connectivity index (χ4v) is 5.31. The van der Waals surface area contributed by atoms with Gasteiger partial charge in [0.2, 0.25) is 11.8 Å². The summed E-state index contributed by atoms with van der Waals surface area (Å²) >= 11 is 6.23.